The van der Waals surface area contributed by atoms with Gasteiger partial charge in [-0.3, -0.25) is 0 Å². The third-order valence-electron chi connectivity index (χ3n) is 3.33. The Labute approximate surface area is 111 Å². The second-order valence-corrected chi connectivity index (χ2v) is 4.88. The number of benzene rings is 1. The highest BCUT2D eigenvalue weighted by Gasteiger charge is 2.29. The first-order chi connectivity index (χ1) is 9.26. The molecule has 19 heavy (non-hydrogen) atoms. The van der Waals surface area contributed by atoms with Crippen LogP contribution < -0.4 is 10.5 Å². The van der Waals surface area contributed by atoms with Gasteiger partial charge in [0.25, 0.3) is 0 Å². The van der Waals surface area contributed by atoms with E-state index in [-0.39, 0.29) is 0 Å². The molecule has 5 nitrogen and oxygen atoms in total. The molecule has 1 aromatic carbocycles. The first-order valence-electron chi connectivity index (χ1n) is 6.51. The molecule has 1 aromatic heterocycles. The first-order valence-corrected chi connectivity index (χ1v) is 6.51. The number of hydrogen-bond acceptors (Lipinski definition) is 5. The van der Waals surface area contributed by atoms with Gasteiger partial charge in [0.1, 0.15) is 5.75 Å². The third-order valence-corrected chi connectivity index (χ3v) is 3.33. The highest BCUT2D eigenvalue weighted by atomic mass is 16.5. The van der Waals surface area contributed by atoms with E-state index >= 15 is 0 Å². The minimum absolute atomic E-state index is 0.512. The van der Waals surface area contributed by atoms with E-state index in [1.165, 1.54) is 12.8 Å². The average Bonchev–Trinajstić information content (AvgIpc) is 3.16. The topological polar surface area (TPSA) is 74.2 Å². The summed E-state index contributed by atoms with van der Waals surface area (Å²) in [5, 5.41) is 8.15. The van der Waals surface area contributed by atoms with Crippen molar-refractivity contribution in [1.29, 1.82) is 0 Å². The predicted molar refractivity (Wildman–Crippen MR) is 71.1 cm³/mol. The molecule has 0 saturated heterocycles. The van der Waals surface area contributed by atoms with Crippen LogP contribution in [0.1, 0.15) is 36.1 Å². The molecule has 0 bridgehead atoms. The van der Waals surface area contributed by atoms with Crippen molar-refractivity contribution in [2.75, 3.05) is 12.8 Å². The zero-order valence-corrected chi connectivity index (χ0v) is 10.9. The fourth-order valence-corrected chi connectivity index (χ4v) is 2.05. The molecule has 1 aliphatic carbocycles. The number of ether oxygens (including phenoxy) is 1. The maximum absolute atomic E-state index is 5.88. The Hall–Kier alpha value is -2.04. The van der Waals surface area contributed by atoms with E-state index < -0.39 is 0 Å². The van der Waals surface area contributed by atoms with Gasteiger partial charge in [-0.2, -0.15) is 0 Å². The van der Waals surface area contributed by atoms with Crippen molar-refractivity contribution in [2.45, 2.75) is 31.6 Å². The zero-order chi connectivity index (χ0) is 13.2. The van der Waals surface area contributed by atoms with Crippen LogP contribution in [0.4, 0.5) is 5.69 Å². The van der Waals surface area contributed by atoms with Crippen LogP contribution in [-0.4, -0.2) is 17.3 Å². The molecule has 1 aliphatic rings. The number of hydrogen-bond donors (Lipinski definition) is 1. The van der Waals surface area contributed by atoms with E-state index in [0.717, 1.165) is 24.3 Å². The van der Waals surface area contributed by atoms with Crippen LogP contribution in [0.15, 0.2) is 22.6 Å². The highest BCUT2D eigenvalue weighted by molar-refractivity contribution is 5.54. The molecule has 0 radical (unpaired) electrons. The third kappa shape index (κ3) is 2.70. The largest absolute Gasteiger partial charge is 0.495 e. The van der Waals surface area contributed by atoms with Crippen LogP contribution in [0.5, 0.6) is 5.75 Å². The van der Waals surface area contributed by atoms with Crippen molar-refractivity contribution in [3.8, 4) is 5.75 Å². The van der Waals surface area contributed by atoms with E-state index in [4.69, 9.17) is 14.9 Å². The van der Waals surface area contributed by atoms with Crippen molar-refractivity contribution < 1.29 is 9.15 Å². The van der Waals surface area contributed by atoms with Crippen molar-refractivity contribution in [1.82, 2.24) is 10.2 Å². The minimum atomic E-state index is 0.512. The molecule has 5 heteroatoms. The van der Waals surface area contributed by atoms with Crippen molar-refractivity contribution in [3.05, 3.63) is 35.5 Å². The van der Waals surface area contributed by atoms with Crippen LogP contribution in [0.2, 0.25) is 0 Å². The van der Waals surface area contributed by atoms with E-state index in [9.17, 15) is 0 Å². The van der Waals surface area contributed by atoms with Crippen molar-refractivity contribution in [2.24, 2.45) is 0 Å². The molecule has 0 atom stereocenters. The first kappa shape index (κ1) is 12.0. The van der Waals surface area contributed by atoms with E-state index in [1.807, 2.05) is 18.2 Å². The quantitative estimate of drug-likeness (QED) is 0.834. The summed E-state index contributed by atoms with van der Waals surface area (Å²) in [5.41, 5.74) is 7.68. The maximum atomic E-state index is 5.88. The van der Waals surface area contributed by atoms with E-state index in [2.05, 4.69) is 10.2 Å². The summed E-state index contributed by atoms with van der Waals surface area (Å²) in [6, 6.07) is 5.82. The number of nitrogen functional groups attached to an aromatic ring is 1. The molecular weight excluding hydrogens is 242 g/mol. The van der Waals surface area contributed by atoms with E-state index in [0.29, 0.717) is 23.2 Å². The van der Waals surface area contributed by atoms with Crippen LogP contribution in [-0.2, 0) is 12.8 Å². The molecule has 0 aliphatic heterocycles. The lowest BCUT2D eigenvalue weighted by Crippen LogP contribution is -1.96. The molecule has 0 amide bonds. The number of anilines is 1. The molecule has 2 aromatic rings. The lowest BCUT2D eigenvalue weighted by molar-refractivity contribution is 0.417. The summed E-state index contributed by atoms with van der Waals surface area (Å²) in [6.07, 6.45) is 3.93. The normalized spacial score (nSPS) is 14.6. The molecular formula is C14H17N3O2. The molecule has 1 heterocycles. The molecule has 3 rings (SSSR count). The maximum Gasteiger partial charge on any atom is 0.219 e. The zero-order valence-electron chi connectivity index (χ0n) is 10.9. The summed E-state index contributed by atoms with van der Waals surface area (Å²) in [7, 11) is 1.61. The monoisotopic (exact) mass is 259 g/mol. The molecule has 0 spiro atoms. The fraction of sp³-hybridized carbons (Fsp3) is 0.429. The summed E-state index contributed by atoms with van der Waals surface area (Å²) in [5.74, 6) is 2.72. The number of nitrogens with two attached hydrogens (primary N) is 1. The number of methoxy groups -OCH3 is 1. The molecule has 2 N–H and O–H groups in total. The Morgan fingerprint density at radius 1 is 1.32 bits per heavy atom. The summed E-state index contributed by atoms with van der Waals surface area (Å²) in [6.45, 7) is 0. The van der Waals surface area contributed by atoms with Gasteiger partial charge >= 0.3 is 0 Å². The molecule has 0 unspecified atom stereocenters. The molecule has 1 fully saturated rings. The lowest BCUT2D eigenvalue weighted by atomic mass is 10.1. The van der Waals surface area contributed by atoms with E-state index in [1.54, 1.807) is 7.11 Å². The molecule has 1 saturated carbocycles. The highest BCUT2D eigenvalue weighted by Crippen LogP contribution is 2.39. The average molecular weight is 259 g/mol. The van der Waals surface area contributed by atoms with Gasteiger partial charge in [0.05, 0.1) is 12.8 Å². The fourth-order valence-electron chi connectivity index (χ4n) is 2.05. The van der Waals surface area contributed by atoms with Gasteiger partial charge in [0.15, 0.2) is 0 Å². The van der Waals surface area contributed by atoms with Gasteiger partial charge < -0.3 is 14.9 Å². The van der Waals surface area contributed by atoms with Gasteiger partial charge in [-0.25, -0.2) is 0 Å². The predicted octanol–water partition coefficient (Wildman–Crippen LogP) is 2.32. The Kier molecular flexibility index (Phi) is 3.11. The Morgan fingerprint density at radius 3 is 2.84 bits per heavy atom. The summed E-state index contributed by atoms with van der Waals surface area (Å²) >= 11 is 0. The smallest absolute Gasteiger partial charge is 0.219 e. The Morgan fingerprint density at radius 2 is 2.16 bits per heavy atom. The van der Waals surface area contributed by atoms with Crippen LogP contribution >= 0.6 is 0 Å². The minimum Gasteiger partial charge on any atom is -0.495 e. The summed E-state index contributed by atoms with van der Waals surface area (Å²) in [4.78, 5) is 0. The van der Waals surface area contributed by atoms with Crippen LogP contribution in [0.25, 0.3) is 0 Å². The van der Waals surface area contributed by atoms with Gasteiger partial charge in [-0.1, -0.05) is 6.07 Å². The van der Waals surface area contributed by atoms with Gasteiger partial charge in [0.2, 0.25) is 11.8 Å². The van der Waals surface area contributed by atoms with Gasteiger partial charge in [-0.15, -0.1) is 10.2 Å². The number of rotatable bonds is 5. The standard InChI is InChI=1S/C14H17N3O2/c1-18-12-6-2-9(8-11(12)15)3-7-13-16-17-14(19-13)10-4-5-10/h2,6,8,10H,3-5,7,15H2,1H3. The van der Waals surface area contributed by atoms with Crippen molar-refractivity contribution in [3.63, 3.8) is 0 Å². The number of aromatic nitrogens is 2. The lowest BCUT2D eigenvalue weighted by Gasteiger charge is -2.06. The molecule has 100 valence electrons. The Bertz CT molecular complexity index is 576. The second kappa shape index (κ2) is 4.91. The van der Waals surface area contributed by atoms with Gasteiger partial charge in [-0.05, 0) is 37.0 Å². The number of nitrogens with zero attached hydrogens (tertiary/aromatic N) is 2. The van der Waals surface area contributed by atoms with Crippen LogP contribution in [0.3, 0.4) is 0 Å². The Balaban J connectivity index is 1.62. The SMILES string of the molecule is COc1ccc(CCc2nnc(C3CC3)o2)cc1N. The van der Waals surface area contributed by atoms with Crippen LogP contribution in [0, 0.1) is 0 Å². The van der Waals surface area contributed by atoms with Gasteiger partial charge in [0, 0.05) is 12.3 Å². The summed E-state index contributed by atoms with van der Waals surface area (Å²) < 4.78 is 10.8. The second-order valence-electron chi connectivity index (χ2n) is 4.88. The van der Waals surface area contributed by atoms with Crippen molar-refractivity contribution >= 4 is 5.69 Å². The number of aryl methyl sites for hydroxylation is 2.